The lowest BCUT2D eigenvalue weighted by molar-refractivity contribution is 0.416. The van der Waals surface area contributed by atoms with E-state index in [0.717, 1.165) is 37.3 Å². The predicted octanol–water partition coefficient (Wildman–Crippen LogP) is 2.88. The first kappa shape index (κ1) is 16.9. The molecule has 1 unspecified atom stereocenters. The molecule has 114 valence electrons. The highest BCUT2D eigenvalue weighted by molar-refractivity contribution is 5.54. The second kappa shape index (κ2) is 8.22. The number of nitrogens with one attached hydrogen (secondary N) is 1. The predicted molar refractivity (Wildman–Crippen MR) is 84.9 cm³/mol. The number of rotatable bonds is 8. The summed E-state index contributed by atoms with van der Waals surface area (Å²) in [5.74, 6) is -0.171. The van der Waals surface area contributed by atoms with E-state index in [2.05, 4.69) is 50.1 Å². The van der Waals surface area contributed by atoms with Gasteiger partial charge < -0.3 is 15.1 Å². The van der Waals surface area contributed by atoms with Gasteiger partial charge in [-0.1, -0.05) is 6.92 Å². The molecule has 0 aromatic heterocycles. The zero-order valence-electron chi connectivity index (χ0n) is 13.4. The number of hydrogen-bond donors (Lipinski definition) is 1. The molecule has 3 nitrogen and oxygen atoms in total. The van der Waals surface area contributed by atoms with Crippen LogP contribution >= 0.6 is 0 Å². The SMILES string of the molecule is CCCNC(C)c1cc(F)ccc1N(C)CCN(C)C. The van der Waals surface area contributed by atoms with Gasteiger partial charge in [0.2, 0.25) is 0 Å². The van der Waals surface area contributed by atoms with E-state index in [1.807, 2.05) is 6.07 Å². The van der Waals surface area contributed by atoms with Crippen molar-refractivity contribution in [2.24, 2.45) is 0 Å². The van der Waals surface area contributed by atoms with E-state index in [4.69, 9.17) is 0 Å². The molecule has 1 atom stereocenters. The van der Waals surface area contributed by atoms with Crippen LogP contribution in [0.25, 0.3) is 0 Å². The first-order chi connectivity index (χ1) is 9.45. The summed E-state index contributed by atoms with van der Waals surface area (Å²) in [6.07, 6.45) is 1.07. The summed E-state index contributed by atoms with van der Waals surface area (Å²) >= 11 is 0. The maximum absolute atomic E-state index is 13.6. The molecule has 0 aliphatic rings. The highest BCUT2D eigenvalue weighted by atomic mass is 19.1. The molecule has 0 saturated carbocycles. The van der Waals surface area contributed by atoms with Gasteiger partial charge in [-0.15, -0.1) is 0 Å². The summed E-state index contributed by atoms with van der Waals surface area (Å²) < 4.78 is 13.6. The monoisotopic (exact) mass is 281 g/mol. The van der Waals surface area contributed by atoms with Crippen LogP contribution in [0.5, 0.6) is 0 Å². The average Bonchev–Trinajstić information content (AvgIpc) is 2.41. The van der Waals surface area contributed by atoms with Crippen molar-refractivity contribution < 1.29 is 4.39 Å². The van der Waals surface area contributed by atoms with E-state index in [-0.39, 0.29) is 11.9 Å². The lowest BCUT2D eigenvalue weighted by Crippen LogP contribution is -2.30. The van der Waals surface area contributed by atoms with Crippen LogP contribution in [0.15, 0.2) is 18.2 Å². The topological polar surface area (TPSA) is 18.5 Å². The highest BCUT2D eigenvalue weighted by Crippen LogP contribution is 2.26. The van der Waals surface area contributed by atoms with Gasteiger partial charge in [0.15, 0.2) is 0 Å². The average molecular weight is 281 g/mol. The van der Waals surface area contributed by atoms with Crippen molar-refractivity contribution in [3.05, 3.63) is 29.6 Å². The molecule has 0 aliphatic heterocycles. The van der Waals surface area contributed by atoms with Gasteiger partial charge >= 0.3 is 0 Å². The van der Waals surface area contributed by atoms with E-state index in [0.29, 0.717) is 0 Å². The Balaban J connectivity index is 2.88. The van der Waals surface area contributed by atoms with Gasteiger partial charge in [0.25, 0.3) is 0 Å². The third-order valence-electron chi connectivity index (χ3n) is 3.45. The lowest BCUT2D eigenvalue weighted by atomic mass is 10.0. The van der Waals surface area contributed by atoms with Crippen LogP contribution in [0.4, 0.5) is 10.1 Å². The molecular formula is C16H28FN3. The smallest absolute Gasteiger partial charge is 0.123 e. The van der Waals surface area contributed by atoms with Crippen molar-refractivity contribution in [2.45, 2.75) is 26.3 Å². The summed E-state index contributed by atoms with van der Waals surface area (Å²) in [6.45, 7) is 7.07. The molecule has 1 aromatic rings. The van der Waals surface area contributed by atoms with Crippen LogP contribution in [0.2, 0.25) is 0 Å². The van der Waals surface area contributed by atoms with Crippen LogP contribution in [0.1, 0.15) is 31.9 Å². The molecule has 0 spiro atoms. The van der Waals surface area contributed by atoms with Crippen molar-refractivity contribution in [2.75, 3.05) is 45.7 Å². The van der Waals surface area contributed by atoms with Gasteiger partial charge in [0.05, 0.1) is 0 Å². The maximum atomic E-state index is 13.6. The summed E-state index contributed by atoms with van der Waals surface area (Å²) in [4.78, 5) is 4.34. The summed E-state index contributed by atoms with van der Waals surface area (Å²) in [5, 5.41) is 3.43. The fourth-order valence-corrected chi connectivity index (χ4v) is 2.16. The Morgan fingerprint density at radius 1 is 1.20 bits per heavy atom. The molecule has 0 amide bonds. The van der Waals surface area contributed by atoms with E-state index < -0.39 is 0 Å². The zero-order chi connectivity index (χ0) is 15.1. The maximum Gasteiger partial charge on any atom is 0.123 e. The minimum absolute atomic E-state index is 0.155. The van der Waals surface area contributed by atoms with E-state index in [1.165, 1.54) is 6.07 Å². The van der Waals surface area contributed by atoms with Gasteiger partial charge in [-0.25, -0.2) is 4.39 Å². The fraction of sp³-hybridized carbons (Fsp3) is 0.625. The zero-order valence-corrected chi connectivity index (χ0v) is 13.4. The van der Waals surface area contributed by atoms with Crippen LogP contribution in [-0.2, 0) is 0 Å². The quantitative estimate of drug-likeness (QED) is 0.790. The Kier molecular flexibility index (Phi) is 6.96. The summed E-state index contributed by atoms with van der Waals surface area (Å²) in [7, 11) is 6.18. The van der Waals surface area contributed by atoms with E-state index >= 15 is 0 Å². The number of benzene rings is 1. The first-order valence-corrected chi connectivity index (χ1v) is 7.34. The Bertz CT molecular complexity index is 407. The molecule has 0 heterocycles. The Hall–Kier alpha value is -1.13. The van der Waals surface area contributed by atoms with Gasteiger partial charge in [-0.05, 0) is 57.7 Å². The normalized spacial score (nSPS) is 12.8. The van der Waals surface area contributed by atoms with Crippen molar-refractivity contribution >= 4 is 5.69 Å². The summed E-state index contributed by atoms with van der Waals surface area (Å²) in [5.41, 5.74) is 2.13. The van der Waals surface area contributed by atoms with E-state index in [9.17, 15) is 4.39 Å². The highest BCUT2D eigenvalue weighted by Gasteiger charge is 2.14. The van der Waals surface area contributed by atoms with Gasteiger partial charge in [-0.2, -0.15) is 0 Å². The van der Waals surface area contributed by atoms with Crippen molar-refractivity contribution in [3.8, 4) is 0 Å². The number of anilines is 1. The second-order valence-corrected chi connectivity index (χ2v) is 5.60. The van der Waals surface area contributed by atoms with Crippen LogP contribution in [-0.4, -0.2) is 45.7 Å². The molecule has 4 heteroatoms. The number of hydrogen-bond acceptors (Lipinski definition) is 3. The number of halogens is 1. The van der Waals surface area contributed by atoms with Gasteiger partial charge in [0.1, 0.15) is 5.82 Å². The molecule has 1 rings (SSSR count). The molecular weight excluding hydrogens is 253 g/mol. The number of nitrogens with zero attached hydrogens (tertiary/aromatic N) is 2. The molecule has 0 bridgehead atoms. The largest absolute Gasteiger partial charge is 0.373 e. The third kappa shape index (κ3) is 5.10. The van der Waals surface area contributed by atoms with Crippen LogP contribution in [0.3, 0.4) is 0 Å². The molecule has 0 radical (unpaired) electrons. The first-order valence-electron chi connectivity index (χ1n) is 7.34. The molecule has 0 aliphatic carbocycles. The number of likely N-dealkylation sites (N-methyl/N-ethyl adjacent to an activating group) is 2. The Morgan fingerprint density at radius 3 is 2.50 bits per heavy atom. The fourth-order valence-electron chi connectivity index (χ4n) is 2.16. The minimum atomic E-state index is -0.171. The van der Waals surface area contributed by atoms with Crippen molar-refractivity contribution in [1.29, 1.82) is 0 Å². The minimum Gasteiger partial charge on any atom is -0.373 e. The second-order valence-electron chi connectivity index (χ2n) is 5.60. The summed E-state index contributed by atoms with van der Waals surface area (Å²) in [6, 6.07) is 5.22. The van der Waals surface area contributed by atoms with Crippen LogP contribution < -0.4 is 10.2 Å². The molecule has 20 heavy (non-hydrogen) atoms. The Labute approximate surface area is 122 Å². The third-order valence-corrected chi connectivity index (χ3v) is 3.45. The molecule has 0 saturated heterocycles. The Morgan fingerprint density at radius 2 is 1.90 bits per heavy atom. The van der Waals surface area contributed by atoms with E-state index in [1.54, 1.807) is 6.07 Å². The molecule has 1 aromatic carbocycles. The molecule has 0 fully saturated rings. The lowest BCUT2D eigenvalue weighted by Gasteiger charge is -2.27. The standard InChI is InChI=1S/C16H28FN3/c1-6-9-18-13(2)15-12-14(17)7-8-16(15)20(5)11-10-19(3)4/h7-8,12-13,18H,6,9-11H2,1-5H3. The molecule has 1 N–H and O–H groups in total. The van der Waals surface area contributed by atoms with Gasteiger partial charge in [0, 0.05) is 31.9 Å². The van der Waals surface area contributed by atoms with Crippen LogP contribution in [0, 0.1) is 5.82 Å². The van der Waals surface area contributed by atoms with Gasteiger partial charge in [-0.3, -0.25) is 0 Å². The van der Waals surface area contributed by atoms with Crippen molar-refractivity contribution in [1.82, 2.24) is 10.2 Å². The van der Waals surface area contributed by atoms with Crippen molar-refractivity contribution in [3.63, 3.8) is 0 Å².